The average molecular weight is 308 g/mol. The highest BCUT2D eigenvalue weighted by Crippen LogP contribution is 2.34. The van der Waals surface area contributed by atoms with E-state index in [1.54, 1.807) is 31.5 Å². The van der Waals surface area contributed by atoms with Gasteiger partial charge in [0.15, 0.2) is 0 Å². The second-order valence-corrected chi connectivity index (χ2v) is 5.78. The number of amides is 1. The maximum Gasteiger partial charge on any atom is 0.326 e. The van der Waals surface area contributed by atoms with E-state index < -0.39 is 12.0 Å². The van der Waals surface area contributed by atoms with Crippen molar-refractivity contribution < 1.29 is 14.7 Å². The summed E-state index contributed by atoms with van der Waals surface area (Å²) in [5, 5.41) is 9.15. The summed E-state index contributed by atoms with van der Waals surface area (Å²) in [5.74, 6) is -1.41. The third-order valence-electron chi connectivity index (χ3n) is 2.79. The summed E-state index contributed by atoms with van der Waals surface area (Å²) in [6.45, 7) is 1.71. The van der Waals surface area contributed by atoms with E-state index in [2.05, 4.69) is 4.98 Å². The molecule has 0 bridgehead atoms. The molecule has 0 saturated carbocycles. The zero-order chi connectivity index (χ0) is 14.7. The first-order chi connectivity index (χ1) is 9.54. The topological polar surface area (TPSA) is 70.5 Å². The van der Waals surface area contributed by atoms with Crippen LogP contribution < -0.4 is 0 Å². The molecule has 1 aromatic rings. The highest BCUT2D eigenvalue weighted by molar-refractivity contribution is 8.26. The normalized spacial score (nSPS) is 18.6. The van der Waals surface area contributed by atoms with Crippen molar-refractivity contribution in [2.24, 2.45) is 0 Å². The number of hydrogen-bond acceptors (Lipinski definition) is 5. The lowest BCUT2D eigenvalue weighted by molar-refractivity contribution is -0.145. The third kappa shape index (κ3) is 2.88. The van der Waals surface area contributed by atoms with Crippen molar-refractivity contribution in [1.82, 2.24) is 9.88 Å². The zero-order valence-electron chi connectivity index (χ0n) is 10.6. The van der Waals surface area contributed by atoms with Crippen LogP contribution in [0, 0.1) is 0 Å². The molecular weight excluding hydrogens is 296 g/mol. The molecule has 1 unspecified atom stereocenters. The number of aromatic nitrogens is 1. The lowest BCUT2D eigenvalue weighted by atomic mass is 10.2. The number of rotatable bonds is 4. The fourth-order valence-corrected chi connectivity index (χ4v) is 3.19. The van der Waals surface area contributed by atoms with Crippen molar-refractivity contribution in [2.75, 3.05) is 0 Å². The number of thiocarbonyl (C=S) groups is 1. The van der Waals surface area contributed by atoms with E-state index in [9.17, 15) is 9.59 Å². The number of carboxylic acids is 1. The van der Waals surface area contributed by atoms with Crippen LogP contribution in [0.3, 0.4) is 0 Å². The zero-order valence-corrected chi connectivity index (χ0v) is 12.3. The van der Waals surface area contributed by atoms with Crippen LogP contribution in [0.2, 0.25) is 0 Å². The molecule has 7 heteroatoms. The largest absolute Gasteiger partial charge is 0.480 e. The van der Waals surface area contributed by atoms with Gasteiger partial charge in [-0.2, -0.15) is 0 Å². The molecule has 1 saturated heterocycles. The van der Waals surface area contributed by atoms with Crippen LogP contribution >= 0.6 is 24.0 Å². The number of pyridine rings is 1. The van der Waals surface area contributed by atoms with Gasteiger partial charge in [0.05, 0.1) is 4.91 Å². The molecular formula is C13H12N2O3S2. The summed E-state index contributed by atoms with van der Waals surface area (Å²) in [5.41, 5.74) is 0.774. The van der Waals surface area contributed by atoms with Gasteiger partial charge in [-0.15, -0.1) is 0 Å². The quantitative estimate of drug-likeness (QED) is 0.679. The fraction of sp³-hybridized carbons (Fsp3) is 0.231. The third-order valence-corrected chi connectivity index (χ3v) is 4.12. The van der Waals surface area contributed by atoms with E-state index in [4.69, 9.17) is 17.3 Å². The molecule has 0 radical (unpaired) electrons. The second kappa shape index (κ2) is 6.15. The lowest BCUT2D eigenvalue weighted by Gasteiger charge is -2.21. The highest BCUT2D eigenvalue weighted by atomic mass is 32.2. The van der Waals surface area contributed by atoms with E-state index in [1.807, 2.05) is 6.07 Å². The number of aliphatic carboxylic acids is 1. The van der Waals surface area contributed by atoms with Crippen LogP contribution in [0.4, 0.5) is 0 Å². The number of carboxylic acid groups (broad SMARTS) is 1. The summed E-state index contributed by atoms with van der Waals surface area (Å²) in [6, 6.07) is 2.66. The second-order valence-electron chi connectivity index (χ2n) is 4.10. The van der Waals surface area contributed by atoms with E-state index in [1.165, 1.54) is 4.90 Å². The number of carbonyl (C=O) groups is 2. The molecule has 2 rings (SSSR count). The maximum absolute atomic E-state index is 12.3. The first kappa shape index (κ1) is 14.7. The number of nitrogens with zero attached hydrogens (tertiary/aromatic N) is 2. The summed E-state index contributed by atoms with van der Waals surface area (Å²) in [7, 11) is 0. The van der Waals surface area contributed by atoms with E-state index in [0.29, 0.717) is 11.3 Å². The predicted molar refractivity (Wildman–Crippen MR) is 81.0 cm³/mol. The van der Waals surface area contributed by atoms with Crippen LogP contribution in [0.1, 0.15) is 18.9 Å². The molecule has 1 N–H and O–H groups in total. The Hall–Kier alpha value is -1.73. The van der Waals surface area contributed by atoms with Gasteiger partial charge in [-0.3, -0.25) is 14.7 Å². The molecule has 104 valence electrons. The Bertz CT molecular complexity index is 587. The SMILES string of the molecule is CCC(C(=O)O)N1C(=O)C(=Cc2cccnc2)SC1=S. The molecule has 2 heterocycles. The maximum atomic E-state index is 12.3. The molecule has 1 aromatic heterocycles. The van der Waals surface area contributed by atoms with E-state index >= 15 is 0 Å². The molecule has 1 aliphatic heterocycles. The van der Waals surface area contributed by atoms with Gasteiger partial charge in [-0.05, 0) is 24.1 Å². The first-order valence-corrected chi connectivity index (χ1v) is 7.17. The molecule has 5 nitrogen and oxygen atoms in total. The van der Waals surface area contributed by atoms with Crippen molar-refractivity contribution in [3.05, 3.63) is 35.0 Å². The smallest absolute Gasteiger partial charge is 0.326 e. The summed E-state index contributed by atoms with van der Waals surface area (Å²) in [6.07, 6.45) is 5.24. The summed E-state index contributed by atoms with van der Waals surface area (Å²) in [4.78, 5) is 29.0. The monoisotopic (exact) mass is 308 g/mol. The summed E-state index contributed by atoms with van der Waals surface area (Å²) >= 11 is 6.24. The molecule has 20 heavy (non-hydrogen) atoms. The summed E-state index contributed by atoms with van der Waals surface area (Å²) < 4.78 is 0.277. The first-order valence-electron chi connectivity index (χ1n) is 5.94. The lowest BCUT2D eigenvalue weighted by Crippen LogP contribution is -2.43. The van der Waals surface area contributed by atoms with Gasteiger partial charge in [-0.25, -0.2) is 4.79 Å². The molecule has 1 aliphatic rings. The van der Waals surface area contributed by atoms with Crippen molar-refractivity contribution >= 4 is 46.3 Å². The van der Waals surface area contributed by atoms with Gasteiger partial charge in [0.25, 0.3) is 5.91 Å². The molecule has 0 aromatic carbocycles. The van der Waals surface area contributed by atoms with Gasteiger partial charge >= 0.3 is 5.97 Å². The Balaban J connectivity index is 2.29. The van der Waals surface area contributed by atoms with Gasteiger partial charge < -0.3 is 5.11 Å². The Morgan fingerprint density at radius 2 is 2.40 bits per heavy atom. The van der Waals surface area contributed by atoms with Gasteiger partial charge in [0.2, 0.25) is 0 Å². The van der Waals surface area contributed by atoms with Crippen molar-refractivity contribution in [2.45, 2.75) is 19.4 Å². The van der Waals surface area contributed by atoms with Crippen molar-refractivity contribution in [3.8, 4) is 0 Å². The molecule has 1 fully saturated rings. The van der Waals surface area contributed by atoms with Crippen molar-refractivity contribution in [3.63, 3.8) is 0 Å². The number of carbonyl (C=O) groups excluding carboxylic acids is 1. The van der Waals surface area contributed by atoms with Gasteiger partial charge in [-0.1, -0.05) is 37.0 Å². The molecule has 0 aliphatic carbocycles. The number of hydrogen-bond donors (Lipinski definition) is 1. The van der Waals surface area contributed by atoms with Crippen LogP contribution in [-0.4, -0.2) is 37.2 Å². The minimum Gasteiger partial charge on any atom is -0.480 e. The fourth-order valence-electron chi connectivity index (χ4n) is 1.83. The van der Waals surface area contributed by atoms with Gasteiger partial charge in [0.1, 0.15) is 10.4 Å². The van der Waals surface area contributed by atoms with Crippen LogP contribution in [0.25, 0.3) is 6.08 Å². The van der Waals surface area contributed by atoms with Gasteiger partial charge in [0, 0.05) is 12.4 Å². The van der Waals surface area contributed by atoms with E-state index in [0.717, 1.165) is 17.3 Å². The minimum atomic E-state index is -1.05. The minimum absolute atomic E-state index is 0.277. The Morgan fingerprint density at radius 1 is 1.65 bits per heavy atom. The average Bonchev–Trinajstić information content (AvgIpc) is 2.68. The predicted octanol–water partition coefficient (Wildman–Crippen LogP) is 2.15. The van der Waals surface area contributed by atoms with Crippen LogP contribution in [0.15, 0.2) is 29.4 Å². The Labute approximate surface area is 125 Å². The standard InChI is InChI=1S/C13H12N2O3S2/c1-2-9(12(17)18)15-11(16)10(20-13(15)19)6-8-4-3-5-14-7-8/h3-7,9H,2H2,1H3,(H,17,18). The number of thioether (sulfide) groups is 1. The molecule has 0 spiro atoms. The molecule has 1 atom stereocenters. The van der Waals surface area contributed by atoms with Crippen LogP contribution in [-0.2, 0) is 9.59 Å². The van der Waals surface area contributed by atoms with Crippen molar-refractivity contribution in [1.29, 1.82) is 0 Å². The Kier molecular flexibility index (Phi) is 4.51. The molecule has 1 amide bonds. The Morgan fingerprint density at radius 3 is 2.95 bits per heavy atom. The highest BCUT2D eigenvalue weighted by Gasteiger charge is 2.39. The van der Waals surface area contributed by atoms with Crippen LogP contribution in [0.5, 0.6) is 0 Å². The van der Waals surface area contributed by atoms with E-state index in [-0.39, 0.29) is 10.2 Å².